The Kier molecular flexibility index (Phi) is 3.22. The Morgan fingerprint density at radius 1 is 1.58 bits per heavy atom. The Balaban J connectivity index is 2.47. The summed E-state index contributed by atoms with van der Waals surface area (Å²) in [5.41, 5.74) is 0. The second-order valence-corrected chi connectivity index (χ2v) is 2.88. The van der Waals surface area contributed by atoms with Crippen molar-refractivity contribution < 1.29 is 14.3 Å². The van der Waals surface area contributed by atoms with Crippen LogP contribution in [0, 0.1) is 0 Å². The van der Waals surface area contributed by atoms with Gasteiger partial charge in [-0.15, -0.1) is 0 Å². The van der Waals surface area contributed by atoms with Crippen LogP contribution in [0.4, 0.5) is 0 Å². The monoisotopic (exact) mass is 171 g/mol. The predicted molar refractivity (Wildman–Crippen MR) is 42.7 cm³/mol. The molecule has 0 aromatic heterocycles. The van der Waals surface area contributed by atoms with E-state index in [4.69, 9.17) is 4.74 Å². The van der Waals surface area contributed by atoms with Gasteiger partial charge in [0.2, 0.25) is 5.91 Å². The van der Waals surface area contributed by atoms with Crippen molar-refractivity contribution in [1.82, 2.24) is 4.90 Å². The van der Waals surface area contributed by atoms with Gasteiger partial charge >= 0.3 is 0 Å². The summed E-state index contributed by atoms with van der Waals surface area (Å²) < 4.78 is 5.10. The van der Waals surface area contributed by atoms with E-state index >= 15 is 0 Å². The van der Waals surface area contributed by atoms with Crippen LogP contribution in [0.25, 0.3) is 0 Å². The SMILES string of the molecule is CC(=O)CN1CCOCCC1=O. The fourth-order valence-electron chi connectivity index (χ4n) is 1.16. The van der Waals surface area contributed by atoms with Gasteiger partial charge in [-0.05, 0) is 6.92 Å². The van der Waals surface area contributed by atoms with E-state index in [0.717, 1.165) is 0 Å². The maximum absolute atomic E-state index is 11.2. The molecule has 1 heterocycles. The van der Waals surface area contributed by atoms with Crippen LogP contribution < -0.4 is 0 Å². The van der Waals surface area contributed by atoms with Gasteiger partial charge in [-0.25, -0.2) is 0 Å². The Labute approximate surface area is 71.5 Å². The van der Waals surface area contributed by atoms with E-state index in [-0.39, 0.29) is 18.2 Å². The van der Waals surface area contributed by atoms with E-state index in [1.807, 2.05) is 0 Å². The molecule has 1 aliphatic rings. The molecule has 1 fully saturated rings. The first-order chi connectivity index (χ1) is 5.70. The molecule has 0 N–H and O–H groups in total. The first-order valence-corrected chi connectivity index (χ1v) is 4.05. The van der Waals surface area contributed by atoms with Crippen LogP contribution in [0.2, 0.25) is 0 Å². The number of ketones is 1. The second-order valence-electron chi connectivity index (χ2n) is 2.88. The number of hydrogen-bond acceptors (Lipinski definition) is 3. The minimum atomic E-state index is 0.0164. The first kappa shape index (κ1) is 9.19. The molecule has 68 valence electrons. The van der Waals surface area contributed by atoms with Gasteiger partial charge in [0.25, 0.3) is 0 Å². The van der Waals surface area contributed by atoms with Crippen LogP contribution in [0.1, 0.15) is 13.3 Å². The van der Waals surface area contributed by atoms with Gasteiger partial charge in [0, 0.05) is 6.54 Å². The summed E-state index contributed by atoms with van der Waals surface area (Å²) in [6.45, 7) is 3.27. The zero-order valence-electron chi connectivity index (χ0n) is 7.21. The molecule has 1 saturated heterocycles. The number of hydrogen-bond donors (Lipinski definition) is 0. The lowest BCUT2D eigenvalue weighted by atomic mass is 10.3. The number of carbonyl (C=O) groups excluding carboxylic acids is 2. The molecule has 0 spiro atoms. The molecule has 1 rings (SSSR count). The van der Waals surface area contributed by atoms with Gasteiger partial charge < -0.3 is 9.64 Å². The second kappa shape index (κ2) is 4.21. The van der Waals surface area contributed by atoms with Crippen molar-refractivity contribution in [2.24, 2.45) is 0 Å². The summed E-state index contributed by atoms with van der Waals surface area (Å²) in [5.74, 6) is 0.0351. The van der Waals surface area contributed by atoms with E-state index < -0.39 is 0 Å². The maximum Gasteiger partial charge on any atom is 0.225 e. The van der Waals surface area contributed by atoms with Crippen LogP contribution in [0.3, 0.4) is 0 Å². The number of Topliss-reactive ketones (excluding diaryl/α,β-unsaturated/α-hetero) is 1. The van der Waals surface area contributed by atoms with Gasteiger partial charge in [-0.1, -0.05) is 0 Å². The summed E-state index contributed by atoms with van der Waals surface area (Å²) in [5, 5.41) is 0. The van der Waals surface area contributed by atoms with Crippen molar-refractivity contribution in [1.29, 1.82) is 0 Å². The number of ether oxygens (including phenoxy) is 1. The average molecular weight is 171 g/mol. The summed E-state index contributed by atoms with van der Waals surface area (Å²) in [6.07, 6.45) is 0.396. The third-order valence-corrected chi connectivity index (χ3v) is 1.73. The van der Waals surface area contributed by atoms with Gasteiger partial charge in [-0.3, -0.25) is 9.59 Å². The molecule has 0 bridgehead atoms. The normalized spacial score (nSPS) is 19.1. The Hall–Kier alpha value is -0.900. The molecular formula is C8H13NO3. The lowest BCUT2D eigenvalue weighted by Gasteiger charge is -2.17. The van der Waals surface area contributed by atoms with Crippen LogP contribution in [0.15, 0.2) is 0 Å². The Bertz CT molecular complexity index is 191. The molecule has 1 aliphatic heterocycles. The molecule has 4 heteroatoms. The van der Waals surface area contributed by atoms with Gasteiger partial charge in [0.05, 0.1) is 26.2 Å². The number of amides is 1. The van der Waals surface area contributed by atoms with E-state index in [9.17, 15) is 9.59 Å². The van der Waals surface area contributed by atoms with Crippen LogP contribution in [-0.2, 0) is 14.3 Å². The molecule has 0 aromatic rings. The van der Waals surface area contributed by atoms with Gasteiger partial charge in [-0.2, -0.15) is 0 Å². The van der Waals surface area contributed by atoms with Crippen molar-refractivity contribution >= 4 is 11.7 Å². The molecule has 0 unspecified atom stereocenters. The van der Waals surface area contributed by atoms with Gasteiger partial charge in [0.1, 0.15) is 5.78 Å². The van der Waals surface area contributed by atoms with Crippen molar-refractivity contribution in [2.45, 2.75) is 13.3 Å². The molecule has 0 saturated carbocycles. The lowest BCUT2D eigenvalue weighted by Crippen LogP contribution is -2.35. The quantitative estimate of drug-likeness (QED) is 0.579. The van der Waals surface area contributed by atoms with Crippen molar-refractivity contribution in [3.63, 3.8) is 0 Å². The molecule has 0 aromatic carbocycles. The highest BCUT2D eigenvalue weighted by atomic mass is 16.5. The summed E-state index contributed by atoms with van der Waals surface area (Å²) in [7, 11) is 0. The fourth-order valence-corrected chi connectivity index (χ4v) is 1.16. The zero-order chi connectivity index (χ0) is 8.97. The van der Waals surface area contributed by atoms with Crippen molar-refractivity contribution in [3.8, 4) is 0 Å². The van der Waals surface area contributed by atoms with E-state index in [1.54, 1.807) is 4.90 Å². The first-order valence-electron chi connectivity index (χ1n) is 4.05. The zero-order valence-corrected chi connectivity index (χ0v) is 7.21. The smallest absolute Gasteiger partial charge is 0.225 e. The lowest BCUT2D eigenvalue weighted by molar-refractivity contribution is -0.134. The molecule has 12 heavy (non-hydrogen) atoms. The van der Waals surface area contributed by atoms with Crippen LogP contribution in [-0.4, -0.2) is 42.9 Å². The largest absolute Gasteiger partial charge is 0.379 e. The highest BCUT2D eigenvalue weighted by Gasteiger charge is 2.17. The van der Waals surface area contributed by atoms with E-state index in [0.29, 0.717) is 26.2 Å². The summed E-state index contributed by atoms with van der Waals surface area (Å²) in [4.78, 5) is 23.5. The maximum atomic E-state index is 11.2. The third-order valence-electron chi connectivity index (χ3n) is 1.73. The minimum Gasteiger partial charge on any atom is -0.379 e. The molecule has 0 atom stereocenters. The van der Waals surface area contributed by atoms with Gasteiger partial charge in [0.15, 0.2) is 0 Å². The molecule has 4 nitrogen and oxygen atoms in total. The standard InChI is InChI=1S/C8H13NO3/c1-7(10)6-9-3-5-12-4-2-8(9)11/h2-6H2,1H3. The molecular weight excluding hydrogens is 158 g/mol. The molecule has 0 radical (unpaired) electrons. The molecule has 1 amide bonds. The third kappa shape index (κ3) is 2.62. The number of rotatable bonds is 2. The fraction of sp³-hybridized carbons (Fsp3) is 0.750. The van der Waals surface area contributed by atoms with Crippen LogP contribution >= 0.6 is 0 Å². The summed E-state index contributed by atoms with van der Waals surface area (Å²) >= 11 is 0. The van der Waals surface area contributed by atoms with Crippen molar-refractivity contribution in [3.05, 3.63) is 0 Å². The van der Waals surface area contributed by atoms with E-state index in [1.165, 1.54) is 6.92 Å². The summed E-state index contributed by atoms with van der Waals surface area (Å²) in [6, 6.07) is 0. The predicted octanol–water partition coefficient (Wildman–Crippen LogP) is -0.176. The Morgan fingerprint density at radius 2 is 2.33 bits per heavy atom. The number of nitrogens with zero attached hydrogens (tertiary/aromatic N) is 1. The topological polar surface area (TPSA) is 46.6 Å². The number of carbonyl (C=O) groups is 2. The molecule has 0 aliphatic carbocycles. The Morgan fingerprint density at radius 3 is 3.00 bits per heavy atom. The minimum absolute atomic E-state index is 0.0164. The van der Waals surface area contributed by atoms with Crippen LogP contribution in [0.5, 0.6) is 0 Å². The highest BCUT2D eigenvalue weighted by Crippen LogP contribution is 2.00. The van der Waals surface area contributed by atoms with Crippen molar-refractivity contribution in [2.75, 3.05) is 26.3 Å². The average Bonchev–Trinajstić information content (AvgIpc) is 2.16. The van der Waals surface area contributed by atoms with E-state index in [2.05, 4.69) is 0 Å². The highest BCUT2D eigenvalue weighted by molar-refractivity contribution is 5.84.